The van der Waals surface area contributed by atoms with Gasteiger partial charge in [0.2, 0.25) is 5.78 Å². The van der Waals surface area contributed by atoms with Crippen molar-refractivity contribution < 1.29 is 39.9 Å². The molecule has 45 heavy (non-hydrogen) atoms. The molecule has 0 spiro atoms. The summed E-state index contributed by atoms with van der Waals surface area (Å²) in [5, 5.41) is 60.6. The monoisotopic (exact) mass is 618 g/mol. The molecule has 2 aromatic carbocycles. The van der Waals surface area contributed by atoms with E-state index in [4.69, 9.17) is 5.73 Å². The van der Waals surface area contributed by atoms with Gasteiger partial charge in [-0.25, -0.2) is 0 Å². The molecule has 1 aliphatic heterocycles. The van der Waals surface area contributed by atoms with Crippen LogP contribution in [0.3, 0.4) is 0 Å². The fraction of sp³-hybridized carbons (Fsp3) is 0.424. The van der Waals surface area contributed by atoms with Gasteiger partial charge < -0.3 is 36.6 Å². The summed E-state index contributed by atoms with van der Waals surface area (Å²) in [7, 11) is 2.94. The van der Waals surface area contributed by atoms with E-state index in [0.29, 0.717) is 11.3 Å². The largest absolute Gasteiger partial charge is 0.508 e. The van der Waals surface area contributed by atoms with E-state index in [9.17, 15) is 39.9 Å². The Bertz CT molecular complexity index is 1630. The molecule has 0 bridgehead atoms. The van der Waals surface area contributed by atoms with Crippen molar-refractivity contribution >= 4 is 28.9 Å². The van der Waals surface area contributed by atoms with E-state index in [1.807, 2.05) is 18.2 Å². The second kappa shape index (κ2) is 11.3. The number of aromatic hydroxyl groups is 1. The molecule has 3 aliphatic carbocycles. The highest BCUT2D eigenvalue weighted by atomic mass is 16.4. The first-order chi connectivity index (χ1) is 21.4. The molecule has 2 fully saturated rings. The summed E-state index contributed by atoms with van der Waals surface area (Å²) in [5.74, 6) is -8.28. The Morgan fingerprint density at radius 2 is 1.73 bits per heavy atom. The van der Waals surface area contributed by atoms with Crippen LogP contribution < -0.4 is 11.1 Å². The number of likely N-dealkylation sites (tertiary alicyclic amines) is 1. The van der Waals surface area contributed by atoms with Gasteiger partial charge in [-0.3, -0.25) is 24.2 Å². The molecular formula is C33H38N4O8. The SMILES string of the molecule is CN(C)[C@@H]1C(=O)C(C(N)=O)=C(O)[C@@]2(O)C(=O)C3=C(O)c4c(ccc(NC5CCN(Cc6ccccc6)CC5)c4O)C[C@H]3[C@H](O)[C@@H]12. The molecule has 8 N–H and O–H groups in total. The number of phenolic OH excluding ortho intramolecular Hbond substituents is 1. The van der Waals surface area contributed by atoms with Crippen molar-refractivity contribution in [1.29, 1.82) is 0 Å². The third kappa shape index (κ3) is 4.80. The number of piperidine rings is 1. The Labute approximate surface area is 260 Å². The van der Waals surface area contributed by atoms with E-state index in [0.717, 1.165) is 32.5 Å². The second-order valence-electron chi connectivity index (χ2n) is 12.7. The number of rotatable bonds is 6. The van der Waals surface area contributed by atoms with Crippen molar-refractivity contribution in [2.45, 2.75) is 49.6 Å². The van der Waals surface area contributed by atoms with Crippen LogP contribution in [-0.4, -0.2) is 104 Å². The molecule has 238 valence electrons. The first-order valence-corrected chi connectivity index (χ1v) is 15.1. The quantitative estimate of drug-likeness (QED) is 0.180. The topological polar surface area (TPSA) is 197 Å². The molecule has 0 radical (unpaired) electrons. The Morgan fingerprint density at radius 1 is 1.07 bits per heavy atom. The number of nitrogens with two attached hydrogens (primary N) is 1. The summed E-state index contributed by atoms with van der Waals surface area (Å²) in [6.07, 6.45) is 0.0300. The van der Waals surface area contributed by atoms with Crippen LogP contribution in [0.5, 0.6) is 5.75 Å². The van der Waals surface area contributed by atoms with Crippen LogP contribution in [0, 0.1) is 11.8 Å². The minimum Gasteiger partial charge on any atom is -0.508 e. The summed E-state index contributed by atoms with van der Waals surface area (Å²) in [5.41, 5.74) is 3.13. The lowest BCUT2D eigenvalue weighted by atomic mass is 9.56. The molecular weight excluding hydrogens is 580 g/mol. The first-order valence-electron chi connectivity index (χ1n) is 15.1. The van der Waals surface area contributed by atoms with Gasteiger partial charge in [-0.1, -0.05) is 36.4 Å². The molecule has 2 aromatic rings. The molecule has 6 rings (SSSR count). The van der Waals surface area contributed by atoms with Crippen LogP contribution in [0.25, 0.3) is 5.76 Å². The fourth-order valence-corrected chi connectivity index (χ4v) is 7.64. The van der Waals surface area contributed by atoms with Gasteiger partial charge >= 0.3 is 0 Å². The lowest BCUT2D eigenvalue weighted by Crippen LogP contribution is -2.70. The number of hydrogen-bond donors (Lipinski definition) is 7. The van der Waals surface area contributed by atoms with Crippen LogP contribution in [0.1, 0.15) is 29.5 Å². The van der Waals surface area contributed by atoms with Crippen molar-refractivity contribution in [2.75, 3.05) is 32.5 Å². The number of carbonyl (C=O) groups excluding carboxylic acids is 3. The van der Waals surface area contributed by atoms with Gasteiger partial charge in [0.05, 0.1) is 29.3 Å². The number of nitrogens with zero attached hydrogens (tertiary/aromatic N) is 2. The maximum atomic E-state index is 14.1. The highest BCUT2D eigenvalue weighted by Crippen LogP contribution is 2.53. The van der Waals surface area contributed by atoms with E-state index in [-0.39, 0.29) is 23.8 Å². The summed E-state index contributed by atoms with van der Waals surface area (Å²) in [4.78, 5) is 43.2. The average Bonchev–Trinajstić information content (AvgIpc) is 3.00. The number of likely N-dealkylation sites (N-methyl/N-ethyl adjacent to an activating group) is 1. The maximum absolute atomic E-state index is 14.1. The Hall–Kier alpha value is -4.23. The first kappa shape index (κ1) is 30.8. The number of primary amides is 1. The Morgan fingerprint density at radius 3 is 2.36 bits per heavy atom. The standard InChI is InChI=1S/C33H38N4O8/c1-36(2)25-24-26(38)19-14-17-8-9-20(35-18-10-12-37(13-11-18)15-16-6-4-3-5-7-16)27(39)21(17)28(40)22(19)30(42)33(24,45)31(43)23(29(25)41)32(34)44/h3-9,18-19,24-26,35,38-40,43,45H,10-15H2,1-2H3,(H2,34,44)/t19-,24-,25+,26+,33+/m1/s1. The number of anilines is 1. The third-order valence-corrected chi connectivity index (χ3v) is 9.87. The number of nitrogens with one attached hydrogen (secondary N) is 1. The molecule has 1 saturated carbocycles. The van der Waals surface area contributed by atoms with E-state index in [1.54, 1.807) is 12.1 Å². The van der Waals surface area contributed by atoms with Crippen LogP contribution in [0.2, 0.25) is 0 Å². The number of benzene rings is 2. The maximum Gasteiger partial charge on any atom is 0.255 e. The predicted molar refractivity (Wildman–Crippen MR) is 164 cm³/mol. The second-order valence-corrected chi connectivity index (χ2v) is 12.7. The summed E-state index contributed by atoms with van der Waals surface area (Å²) < 4.78 is 0. The fourth-order valence-electron chi connectivity index (χ4n) is 7.64. The smallest absolute Gasteiger partial charge is 0.255 e. The molecule has 5 atom stereocenters. The molecule has 1 saturated heterocycles. The van der Waals surface area contributed by atoms with Gasteiger partial charge in [0, 0.05) is 37.2 Å². The van der Waals surface area contributed by atoms with E-state index < -0.39 is 69.7 Å². The van der Waals surface area contributed by atoms with Crippen LogP contribution >= 0.6 is 0 Å². The van der Waals surface area contributed by atoms with Crippen LogP contribution in [0.4, 0.5) is 5.69 Å². The van der Waals surface area contributed by atoms with Gasteiger partial charge in [-0.05, 0) is 50.6 Å². The zero-order valence-electron chi connectivity index (χ0n) is 25.1. The number of fused-ring (bicyclic) bond motifs is 3. The molecule has 1 heterocycles. The number of amides is 1. The van der Waals surface area contributed by atoms with Crippen LogP contribution in [-0.2, 0) is 27.3 Å². The van der Waals surface area contributed by atoms with Crippen molar-refractivity contribution in [3.63, 3.8) is 0 Å². The van der Waals surface area contributed by atoms with Gasteiger partial charge in [0.1, 0.15) is 22.8 Å². The van der Waals surface area contributed by atoms with Gasteiger partial charge in [0.25, 0.3) is 5.91 Å². The summed E-state index contributed by atoms with van der Waals surface area (Å²) in [6.45, 7) is 2.55. The number of ketones is 2. The normalized spacial score (nSPS) is 29.0. The lowest BCUT2D eigenvalue weighted by molar-refractivity contribution is -0.168. The number of hydrogen-bond acceptors (Lipinski definition) is 11. The zero-order valence-corrected chi connectivity index (χ0v) is 25.1. The minimum absolute atomic E-state index is 0.00141. The molecule has 12 nitrogen and oxygen atoms in total. The minimum atomic E-state index is -2.93. The number of carbonyl (C=O) groups is 3. The van der Waals surface area contributed by atoms with Crippen molar-refractivity contribution in [1.82, 2.24) is 9.80 Å². The number of Topliss-reactive ketones (excluding diaryl/α,β-unsaturated/α-hetero) is 2. The average molecular weight is 619 g/mol. The van der Waals surface area contributed by atoms with Crippen LogP contribution in [0.15, 0.2) is 59.4 Å². The molecule has 1 amide bonds. The summed E-state index contributed by atoms with van der Waals surface area (Å²) in [6, 6.07) is 12.3. The predicted octanol–water partition coefficient (Wildman–Crippen LogP) is 1.01. The Kier molecular flexibility index (Phi) is 7.72. The highest BCUT2D eigenvalue weighted by Gasteiger charge is 2.67. The number of aliphatic hydroxyl groups is 4. The summed E-state index contributed by atoms with van der Waals surface area (Å²) >= 11 is 0. The highest BCUT2D eigenvalue weighted by molar-refractivity contribution is 6.24. The van der Waals surface area contributed by atoms with E-state index in [2.05, 4.69) is 22.3 Å². The Balaban J connectivity index is 1.31. The number of phenols is 1. The van der Waals surface area contributed by atoms with Gasteiger partial charge in [-0.2, -0.15) is 0 Å². The number of aliphatic hydroxyl groups excluding tert-OH is 3. The van der Waals surface area contributed by atoms with Gasteiger partial charge in [0.15, 0.2) is 11.4 Å². The molecule has 0 unspecified atom stereocenters. The molecule has 0 aromatic heterocycles. The van der Waals surface area contributed by atoms with Crippen molar-refractivity contribution in [3.8, 4) is 5.75 Å². The lowest BCUT2D eigenvalue weighted by Gasteiger charge is -2.52. The van der Waals surface area contributed by atoms with E-state index in [1.165, 1.54) is 24.6 Å². The zero-order chi connectivity index (χ0) is 32.4. The van der Waals surface area contributed by atoms with Crippen molar-refractivity contribution in [3.05, 3.63) is 76.1 Å². The molecule has 12 heteroatoms. The van der Waals surface area contributed by atoms with Crippen molar-refractivity contribution in [2.24, 2.45) is 17.6 Å². The van der Waals surface area contributed by atoms with E-state index >= 15 is 0 Å². The third-order valence-electron chi connectivity index (χ3n) is 9.87. The van der Waals surface area contributed by atoms with Gasteiger partial charge in [-0.15, -0.1) is 0 Å². The molecule has 4 aliphatic rings.